The molecular weight excluding hydrogens is 302 g/mol. The molecule has 4 heteroatoms. The molecule has 4 aromatic rings. The number of ether oxygens (including phenoxy) is 1. The Balaban J connectivity index is 2.16. The van der Waals surface area contributed by atoms with E-state index >= 15 is 0 Å². The van der Waals surface area contributed by atoms with Crippen LogP contribution in [-0.2, 0) is 4.74 Å². The molecule has 0 saturated heterocycles. The van der Waals surface area contributed by atoms with E-state index in [1.165, 1.54) is 7.11 Å². The van der Waals surface area contributed by atoms with E-state index in [-0.39, 0.29) is 11.3 Å². The van der Waals surface area contributed by atoms with Crippen molar-refractivity contribution in [3.63, 3.8) is 0 Å². The van der Waals surface area contributed by atoms with Gasteiger partial charge in [0.15, 0.2) is 0 Å². The van der Waals surface area contributed by atoms with Crippen LogP contribution < -0.4 is 0 Å². The molecule has 4 nitrogen and oxygen atoms in total. The fourth-order valence-electron chi connectivity index (χ4n) is 3.14. The molecule has 0 spiro atoms. The van der Waals surface area contributed by atoms with Gasteiger partial charge in [-0.05, 0) is 17.7 Å². The number of carbonyl (C=O) groups excluding carboxylic acids is 1. The van der Waals surface area contributed by atoms with Crippen LogP contribution in [0.4, 0.5) is 0 Å². The largest absolute Gasteiger partial charge is 0.506 e. The van der Waals surface area contributed by atoms with Gasteiger partial charge in [-0.2, -0.15) is 0 Å². The molecule has 2 N–H and O–H groups in total. The zero-order valence-corrected chi connectivity index (χ0v) is 13.0. The number of methoxy groups -OCH3 is 1. The van der Waals surface area contributed by atoms with Crippen LogP contribution in [0.15, 0.2) is 60.7 Å². The third kappa shape index (κ3) is 2.04. The number of phenolic OH excluding ortho intramolecular Hbond substituents is 1. The molecule has 0 atom stereocenters. The van der Waals surface area contributed by atoms with E-state index in [2.05, 4.69) is 4.98 Å². The first-order valence-corrected chi connectivity index (χ1v) is 7.61. The zero-order valence-electron chi connectivity index (χ0n) is 13.0. The summed E-state index contributed by atoms with van der Waals surface area (Å²) in [6.07, 6.45) is 0. The average molecular weight is 317 g/mol. The van der Waals surface area contributed by atoms with Gasteiger partial charge in [-0.25, -0.2) is 4.79 Å². The van der Waals surface area contributed by atoms with Crippen LogP contribution in [0.1, 0.15) is 10.4 Å². The predicted molar refractivity (Wildman–Crippen MR) is 94.2 cm³/mol. The number of benzene rings is 3. The molecule has 0 unspecified atom stereocenters. The number of phenols is 1. The molecule has 0 aliphatic rings. The van der Waals surface area contributed by atoms with E-state index < -0.39 is 5.97 Å². The highest BCUT2D eigenvalue weighted by Crippen LogP contribution is 2.40. The highest BCUT2D eigenvalue weighted by atomic mass is 16.5. The van der Waals surface area contributed by atoms with E-state index in [4.69, 9.17) is 4.74 Å². The number of aromatic nitrogens is 1. The van der Waals surface area contributed by atoms with Gasteiger partial charge in [0, 0.05) is 27.4 Å². The first kappa shape index (κ1) is 14.3. The highest BCUT2D eigenvalue weighted by Gasteiger charge is 2.23. The lowest BCUT2D eigenvalue weighted by molar-refractivity contribution is 0.0600. The maximum absolute atomic E-state index is 12.4. The number of H-pyrrole nitrogens is 1. The average Bonchev–Trinajstić information content (AvgIpc) is 2.99. The smallest absolute Gasteiger partial charge is 0.342 e. The summed E-state index contributed by atoms with van der Waals surface area (Å²) in [6, 6.07) is 19.0. The summed E-state index contributed by atoms with van der Waals surface area (Å²) in [5, 5.41) is 12.4. The number of carbonyl (C=O) groups is 1. The molecule has 1 aromatic heterocycles. The Kier molecular flexibility index (Phi) is 3.24. The van der Waals surface area contributed by atoms with Crippen molar-refractivity contribution in [3.8, 4) is 16.9 Å². The number of hydrogen-bond acceptors (Lipinski definition) is 3. The Bertz CT molecular complexity index is 1060. The molecular formula is C20H15NO3. The molecule has 0 aliphatic heterocycles. The Morgan fingerprint density at radius 1 is 1.00 bits per heavy atom. The fourth-order valence-corrected chi connectivity index (χ4v) is 3.14. The van der Waals surface area contributed by atoms with Crippen LogP contribution >= 0.6 is 0 Å². The van der Waals surface area contributed by atoms with E-state index in [0.717, 1.165) is 22.0 Å². The van der Waals surface area contributed by atoms with Crippen molar-refractivity contribution >= 4 is 27.8 Å². The number of aromatic amines is 1. The number of esters is 1. The van der Waals surface area contributed by atoms with Gasteiger partial charge in [0.05, 0.1) is 7.11 Å². The molecule has 0 amide bonds. The summed E-state index contributed by atoms with van der Waals surface area (Å²) in [6.45, 7) is 0. The van der Waals surface area contributed by atoms with Gasteiger partial charge in [0.2, 0.25) is 0 Å². The Morgan fingerprint density at radius 3 is 2.46 bits per heavy atom. The number of hydrogen-bond donors (Lipinski definition) is 2. The third-order valence-corrected chi connectivity index (χ3v) is 4.24. The molecule has 118 valence electrons. The molecule has 0 saturated carbocycles. The lowest BCUT2D eigenvalue weighted by Crippen LogP contribution is -2.03. The van der Waals surface area contributed by atoms with E-state index in [1.54, 1.807) is 0 Å². The number of aromatic hydroxyl groups is 1. The zero-order chi connectivity index (χ0) is 16.7. The van der Waals surface area contributed by atoms with Gasteiger partial charge >= 0.3 is 5.97 Å². The maximum Gasteiger partial charge on any atom is 0.342 e. The molecule has 0 aliphatic carbocycles. The van der Waals surface area contributed by atoms with E-state index in [0.29, 0.717) is 10.9 Å². The van der Waals surface area contributed by atoms with Crippen LogP contribution in [0.25, 0.3) is 32.9 Å². The minimum Gasteiger partial charge on any atom is -0.506 e. The summed E-state index contributed by atoms with van der Waals surface area (Å²) >= 11 is 0. The third-order valence-electron chi connectivity index (χ3n) is 4.24. The summed E-state index contributed by atoms with van der Waals surface area (Å²) in [4.78, 5) is 15.7. The Hall–Kier alpha value is -3.27. The fraction of sp³-hybridized carbons (Fsp3) is 0.0500. The lowest BCUT2D eigenvalue weighted by Gasteiger charge is -2.11. The van der Waals surface area contributed by atoms with Crippen molar-refractivity contribution in [1.82, 2.24) is 4.98 Å². The van der Waals surface area contributed by atoms with Crippen LogP contribution in [-0.4, -0.2) is 23.2 Å². The molecule has 1 heterocycles. The van der Waals surface area contributed by atoms with E-state index in [9.17, 15) is 9.90 Å². The summed E-state index contributed by atoms with van der Waals surface area (Å²) in [5.41, 5.74) is 3.30. The molecule has 0 fully saturated rings. The predicted octanol–water partition coefficient (Wildman–Crippen LogP) is 4.48. The lowest BCUT2D eigenvalue weighted by atomic mass is 9.97. The number of fused-ring (bicyclic) bond motifs is 3. The first-order valence-electron chi connectivity index (χ1n) is 7.61. The number of nitrogens with one attached hydrogen (secondary N) is 1. The Labute approximate surface area is 138 Å². The highest BCUT2D eigenvalue weighted by molar-refractivity contribution is 6.19. The first-order chi connectivity index (χ1) is 11.7. The SMILES string of the molecule is COC(=O)c1c(O)c(-c2ccccc2)cc2[nH]c3ccccc3c12. The van der Waals surface area contributed by atoms with Crippen LogP contribution in [0, 0.1) is 0 Å². The van der Waals surface area contributed by atoms with Crippen molar-refractivity contribution in [2.24, 2.45) is 0 Å². The summed E-state index contributed by atoms with van der Waals surface area (Å²) in [5.74, 6) is -0.620. The van der Waals surface area contributed by atoms with Gasteiger partial charge < -0.3 is 14.8 Å². The van der Waals surface area contributed by atoms with Gasteiger partial charge in [-0.15, -0.1) is 0 Å². The maximum atomic E-state index is 12.4. The van der Waals surface area contributed by atoms with Gasteiger partial charge in [-0.3, -0.25) is 0 Å². The summed E-state index contributed by atoms with van der Waals surface area (Å²) in [7, 11) is 1.32. The summed E-state index contributed by atoms with van der Waals surface area (Å²) < 4.78 is 4.92. The monoisotopic (exact) mass is 317 g/mol. The molecule has 0 radical (unpaired) electrons. The van der Waals surface area contributed by atoms with Crippen LogP contribution in [0.2, 0.25) is 0 Å². The van der Waals surface area contributed by atoms with Crippen LogP contribution in [0.5, 0.6) is 5.75 Å². The van der Waals surface area contributed by atoms with Crippen molar-refractivity contribution in [3.05, 3.63) is 66.2 Å². The number of rotatable bonds is 2. The number of para-hydroxylation sites is 1. The van der Waals surface area contributed by atoms with Crippen molar-refractivity contribution in [2.45, 2.75) is 0 Å². The second-order valence-corrected chi connectivity index (χ2v) is 5.60. The van der Waals surface area contributed by atoms with Gasteiger partial charge in [-0.1, -0.05) is 48.5 Å². The van der Waals surface area contributed by atoms with Gasteiger partial charge in [0.1, 0.15) is 11.3 Å². The normalized spacial score (nSPS) is 11.0. The molecule has 24 heavy (non-hydrogen) atoms. The van der Waals surface area contributed by atoms with E-state index in [1.807, 2.05) is 60.7 Å². The van der Waals surface area contributed by atoms with Crippen molar-refractivity contribution < 1.29 is 14.6 Å². The van der Waals surface area contributed by atoms with Crippen molar-refractivity contribution in [1.29, 1.82) is 0 Å². The molecule has 3 aromatic carbocycles. The Morgan fingerprint density at radius 2 is 1.71 bits per heavy atom. The standard InChI is InChI=1S/C20H15NO3/c1-24-20(23)18-17-13-9-5-6-10-15(13)21-16(17)11-14(19(18)22)12-7-3-2-4-8-12/h2-11,21-22H,1H3. The minimum absolute atomic E-state index is 0.0645. The van der Waals surface area contributed by atoms with Crippen LogP contribution in [0.3, 0.4) is 0 Å². The molecule has 4 rings (SSSR count). The van der Waals surface area contributed by atoms with Crippen molar-refractivity contribution in [2.75, 3.05) is 7.11 Å². The minimum atomic E-state index is -0.556. The second kappa shape index (κ2) is 5.42. The molecule has 0 bridgehead atoms. The quantitative estimate of drug-likeness (QED) is 0.536. The topological polar surface area (TPSA) is 62.3 Å². The van der Waals surface area contributed by atoms with Gasteiger partial charge in [0.25, 0.3) is 0 Å². The second-order valence-electron chi connectivity index (χ2n) is 5.60.